The van der Waals surface area contributed by atoms with Gasteiger partial charge in [0.2, 0.25) is 0 Å². The average Bonchev–Trinajstić information content (AvgIpc) is 2.50. The van der Waals surface area contributed by atoms with Gasteiger partial charge in [0.1, 0.15) is 0 Å². The molecule has 114 valence electrons. The lowest BCUT2D eigenvalue weighted by atomic mass is 10.4. The molecule has 9 nitrogen and oxygen atoms in total. The van der Waals surface area contributed by atoms with Crippen molar-refractivity contribution in [1.29, 1.82) is 0 Å². The van der Waals surface area contributed by atoms with Crippen LogP contribution in [-0.2, 0) is 20.6 Å². The third-order valence-electron chi connectivity index (χ3n) is 3.18. The summed E-state index contributed by atoms with van der Waals surface area (Å²) in [5, 5.41) is 14.1. The van der Waals surface area contributed by atoms with Gasteiger partial charge in [0, 0.05) is 14.1 Å². The third kappa shape index (κ3) is 3.14. The Kier molecular flexibility index (Phi) is 4.76. The molecule has 0 saturated carbocycles. The first kappa shape index (κ1) is 15.3. The lowest BCUT2D eigenvalue weighted by molar-refractivity contribution is 0.604. The summed E-state index contributed by atoms with van der Waals surface area (Å²) in [6.07, 6.45) is 0.980. The Morgan fingerprint density at radius 2 is 1.86 bits per heavy atom. The zero-order valence-electron chi connectivity index (χ0n) is 12.4. The van der Waals surface area contributed by atoms with E-state index in [1.54, 1.807) is 0 Å². The highest BCUT2D eigenvalue weighted by Crippen LogP contribution is 1.99. The maximum absolute atomic E-state index is 12.1. The maximum atomic E-state index is 12.1. The summed E-state index contributed by atoms with van der Waals surface area (Å²) in [6, 6.07) is 0. The van der Waals surface area contributed by atoms with Gasteiger partial charge in [0.25, 0.3) is 5.56 Å². The Hall–Kier alpha value is -2.13. The van der Waals surface area contributed by atoms with E-state index in [1.807, 2.05) is 7.05 Å². The third-order valence-corrected chi connectivity index (χ3v) is 3.18. The Labute approximate surface area is 121 Å². The molecular weight excluding hydrogens is 274 g/mol. The standard InChI is InChI=1S/C12H19N7O2/c1-13-5-4-6-14-7-8-15-9-10(17-16-8)18(2)12(21)19(3)11(9)20/h13-14H,4-7H2,1-3H3. The monoisotopic (exact) mass is 293 g/mol. The van der Waals surface area contributed by atoms with Crippen LogP contribution in [0.2, 0.25) is 0 Å². The van der Waals surface area contributed by atoms with Crippen molar-refractivity contribution < 1.29 is 0 Å². The van der Waals surface area contributed by atoms with Gasteiger partial charge < -0.3 is 10.6 Å². The first-order chi connectivity index (χ1) is 10.1. The zero-order chi connectivity index (χ0) is 15.4. The van der Waals surface area contributed by atoms with Gasteiger partial charge in [-0.2, -0.15) is 0 Å². The summed E-state index contributed by atoms with van der Waals surface area (Å²) >= 11 is 0. The van der Waals surface area contributed by atoms with E-state index in [0.29, 0.717) is 12.4 Å². The van der Waals surface area contributed by atoms with Crippen molar-refractivity contribution in [2.75, 3.05) is 20.1 Å². The van der Waals surface area contributed by atoms with Crippen LogP contribution in [0.25, 0.3) is 11.2 Å². The molecule has 0 amide bonds. The van der Waals surface area contributed by atoms with E-state index in [4.69, 9.17) is 0 Å². The topological polar surface area (TPSA) is 107 Å². The lowest BCUT2D eigenvalue weighted by Gasteiger charge is -2.07. The molecule has 0 aliphatic carbocycles. The summed E-state index contributed by atoms with van der Waals surface area (Å²) < 4.78 is 2.28. The van der Waals surface area contributed by atoms with Crippen LogP contribution in [0.15, 0.2) is 9.59 Å². The molecule has 2 N–H and O–H groups in total. The quantitative estimate of drug-likeness (QED) is 0.600. The Balaban J connectivity index is 2.26. The van der Waals surface area contributed by atoms with Gasteiger partial charge in [-0.05, 0) is 26.6 Å². The van der Waals surface area contributed by atoms with Gasteiger partial charge in [-0.3, -0.25) is 13.9 Å². The smallest absolute Gasteiger partial charge is 0.320 e. The van der Waals surface area contributed by atoms with Crippen molar-refractivity contribution in [3.05, 3.63) is 26.7 Å². The minimum absolute atomic E-state index is 0.154. The first-order valence-corrected chi connectivity index (χ1v) is 6.71. The molecule has 21 heavy (non-hydrogen) atoms. The molecule has 0 fully saturated rings. The van der Waals surface area contributed by atoms with Gasteiger partial charge in [0.05, 0.1) is 6.54 Å². The van der Waals surface area contributed by atoms with Gasteiger partial charge in [-0.1, -0.05) is 0 Å². The second kappa shape index (κ2) is 6.55. The second-order valence-electron chi connectivity index (χ2n) is 4.74. The molecule has 0 bridgehead atoms. The number of rotatable bonds is 6. The van der Waals surface area contributed by atoms with Crippen molar-refractivity contribution in [3.8, 4) is 0 Å². The summed E-state index contributed by atoms with van der Waals surface area (Å²) in [5.74, 6) is 0.433. The predicted molar refractivity (Wildman–Crippen MR) is 78.1 cm³/mol. The number of fused-ring (bicyclic) bond motifs is 1. The Morgan fingerprint density at radius 3 is 2.57 bits per heavy atom. The van der Waals surface area contributed by atoms with Crippen LogP contribution in [0.4, 0.5) is 0 Å². The fourth-order valence-corrected chi connectivity index (χ4v) is 1.95. The normalized spacial score (nSPS) is 11.2. The molecule has 0 aliphatic rings. The molecule has 0 aromatic carbocycles. The second-order valence-corrected chi connectivity index (χ2v) is 4.74. The van der Waals surface area contributed by atoms with Crippen molar-refractivity contribution in [2.24, 2.45) is 14.1 Å². The molecule has 0 atom stereocenters. The summed E-state index contributed by atoms with van der Waals surface area (Å²) in [4.78, 5) is 28.0. The maximum Gasteiger partial charge on any atom is 0.332 e. The Morgan fingerprint density at radius 1 is 1.10 bits per heavy atom. The van der Waals surface area contributed by atoms with Crippen LogP contribution in [-0.4, -0.2) is 44.5 Å². The van der Waals surface area contributed by atoms with E-state index < -0.39 is 11.2 Å². The summed E-state index contributed by atoms with van der Waals surface area (Å²) in [7, 11) is 4.86. The van der Waals surface area contributed by atoms with E-state index in [-0.39, 0.29) is 11.2 Å². The molecule has 0 aliphatic heterocycles. The summed E-state index contributed by atoms with van der Waals surface area (Å²) in [5.41, 5.74) is -0.551. The summed E-state index contributed by atoms with van der Waals surface area (Å²) in [6.45, 7) is 2.17. The van der Waals surface area contributed by atoms with E-state index in [9.17, 15) is 9.59 Å². The average molecular weight is 293 g/mol. The largest absolute Gasteiger partial charge is 0.332 e. The molecule has 9 heteroatoms. The van der Waals surface area contributed by atoms with Crippen LogP contribution >= 0.6 is 0 Å². The zero-order valence-corrected chi connectivity index (χ0v) is 12.4. The molecule has 2 aromatic heterocycles. The minimum atomic E-state index is -0.459. The molecule has 2 heterocycles. The van der Waals surface area contributed by atoms with Gasteiger partial charge in [-0.15, -0.1) is 10.2 Å². The van der Waals surface area contributed by atoms with Gasteiger partial charge >= 0.3 is 5.69 Å². The van der Waals surface area contributed by atoms with Crippen LogP contribution < -0.4 is 21.9 Å². The van der Waals surface area contributed by atoms with Crippen LogP contribution in [0.1, 0.15) is 12.2 Å². The number of hydrogen-bond donors (Lipinski definition) is 2. The molecule has 2 aromatic rings. The van der Waals surface area contributed by atoms with Crippen molar-refractivity contribution in [1.82, 2.24) is 34.9 Å². The molecular formula is C12H19N7O2. The highest BCUT2D eigenvalue weighted by atomic mass is 16.2. The fraction of sp³-hybridized carbons (Fsp3) is 0.583. The van der Waals surface area contributed by atoms with Crippen LogP contribution in [0.5, 0.6) is 0 Å². The van der Waals surface area contributed by atoms with E-state index in [1.165, 1.54) is 18.7 Å². The fourth-order valence-electron chi connectivity index (χ4n) is 1.95. The number of aromatic nitrogens is 5. The van der Waals surface area contributed by atoms with Crippen molar-refractivity contribution in [2.45, 2.75) is 13.0 Å². The highest BCUT2D eigenvalue weighted by Gasteiger charge is 2.12. The van der Waals surface area contributed by atoms with Crippen LogP contribution in [0, 0.1) is 0 Å². The molecule has 0 unspecified atom stereocenters. The van der Waals surface area contributed by atoms with E-state index in [2.05, 4.69) is 25.8 Å². The van der Waals surface area contributed by atoms with E-state index >= 15 is 0 Å². The van der Waals surface area contributed by atoms with E-state index in [0.717, 1.165) is 24.1 Å². The number of hydrogen-bond acceptors (Lipinski definition) is 7. The van der Waals surface area contributed by atoms with Crippen molar-refractivity contribution in [3.63, 3.8) is 0 Å². The van der Waals surface area contributed by atoms with Gasteiger partial charge in [0.15, 0.2) is 17.0 Å². The highest BCUT2D eigenvalue weighted by molar-refractivity contribution is 5.67. The molecule has 0 radical (unpaired) electrons. The SMILES string of the molecule is CNCCCNCc1nnc2c(n1)c(=O)n(C)c(=O)n2C. The first-order valence-electron chi connectivity index (χ1n) is 6.71. The Bertz CT molecular complexity index is 750. The molecule has 0 spiro atoms. The van der Waals surface area contributed by atoms with Gasteiger partial charge in [-0.25, -0.2) is 9.78 Å². The minimum Gasteiger partial charge on any atom is -0.320 e. The molecule has 2 rings (SSSR count). The van der Waals surface area contributed by atoms with Crippen molar-refractivity contribution >= 4 is 11.2 Å². The number of aryl methyl sites for hydroxylation is 1. The lowest BCUT2D eigenvalue weighted by Crippen LogP contribution is -2.38. The van der Waals surface area contributed by atoms with Crippen LogP contribution in [0.3, 0.4) is 0 Å². The molecule has 0 saturated heterocycles. The number of nitrogens with zero attached hydrogens (tertiary/aromatic N) is 5. The number of nitrogens with one attached hydrogen (secondary N) is 2. The predicted octanol–water partition coefficient (Wildman–Crippen LogP) is -1.88.